The van der Waals surface area contributed by atoms with E-state index in [1.54, 1.807) is 0 Å². The number of halogens is 12. The molecule has 6 nitrogen and oxygen atoms in total. The molecule has 4 rings (SSSR count). The Hall–Kier alpha value is -3.69. The lowest BCUT2D eigenvalue weighted by molar-refractivity contribution is -0.150. The zero-order valence-electron chi connectivity index (χ0n) is 21.7. The Morgan fingerprint density at radius 2 is 1.47 bits per heavy atom. The summed E-state index contributed by atoms with van der Waals surface area (Å²) in [5.74, 6) is -10.9. The summed E-state index contributed by atoms with van der Waals surface area (Å²) in [5.41, 5.74) is -4.29. The molecule has 1 aliphatic carbocycles. The summed E-state index contributed by atoms with van der Waals surface area (Å²) in [4.78, 5) is 37.4. The Labute approximate surface area is 261 Å². The van der Waals surface area contributed by atoms with E-state index in [9.17, 15) is 53.9 Å². The second kappa shape index (κ2) is 12.2. The van der Waals surface area contributed by atoms with Gasteiger partial charge in [-0.2, -0.15) is 26.3 Å². The normalized spacial score (nSPS) is 17.4. The number of amides is 3. The molecule has 45 heavy (non-hydrogen) atoms. The highest BCUT2D eigenvalue weighted by atomic mass is 35.5. The van der Waals surface area contributed by atoms with E-state index in [1.807, 2.05) is 5.32 Å². The van der Waals surface area contributed by atoms with Gasteiger partial charge in [0.25, 0.3) is 5.91 Å². The van der Waals surface area contributed by atoms with E-state index >= 15 is 0 Å². The second-order valence-electron chi connectivity index (χ2n) is 9.63. The lowest BCUT2D eigenvalue weighted by Gasteiger charge is -2.14. The zero-order valence-corrected chi connectivity index (χ0v) is 24.0. The van der Waals surface area contributed by atoms with Gasteiger partial charge in [0.1, 0.15) is 28.1 Å². The van der Waals surface area contributed by atoms with Gasteiger partial charge < -0.3 is 16.0 Å². The van der Waals surface area contributed by atoms with Crippen LogP contribution in [-0.2, 0) is 15.8 Å². The molecule has 3 amide bonds. The van der Waals surface area contributed by atoms with Crippen molar-refractivity contribution in [2.75, 3.05) is 16.0 Å². The number of carbonyl (C=O) groups is 3. The second-order valence-corrected chi connectivity index (χ2v) is 11.5. The van der Waals surface area contributed by atoms with E-state index < -0.39 is 92.6 Å². The molecule has 1 saturated carbocycles. The molecule has 240 valence electrons. The standard InChI is InChI=1S/C27H15Cl3F9N3O3/c28-14-3-2-11(40-24(45)20-19(26(20,29)30)10-1-4-15(31)13(7-10)27(37,38)39)8-12(14)23(44)41-17-6-5-16(32)22(21(17)33)42-18(43)9-25(34,35)36/h1-8,19-20H,9H2,(H,40,45)(H,41,44)(H,42,43)/t19-,20?/m0/s1. The molecule has 2 atom stereocenters. The average molecular weight is 707 g/mol. The van der Waals surface area contributed by atoms with Crippen molar-refractivity contribution in [2.45, 2.75) is 29.0 Å². The molecule has 18 heteroatoms. The van der Waals surface area contributed by atoms with Crippen LogP contribution in [-0.4, -0.2) is 28.2 Å². The number of carbonyl (C=O) groups excluding carboxylic acids is 3. The Kier molecular flexibility index (Phi) is 9.31. The Bertz CT molecular complexity index is 1700. The van der Waals surface area contributed by atoms with Crippen molar-refractivity contribution in [3.8, 4) is 0 Å². The van der Waals surface area contributed by atoms with Crippen LogP contribution < -0.4 is 16.0 Å². The van der Waals surface area contributed by atoms with Crippen molar-refractivity contribution in [3.05, 3.63) is 87.7 Å². The molecule has 1 aliphatic rings. The van der Waals surface area contributed by atoms with Gasteiger partial charge in [-0.25, -0.2) is 13.2 Å². The van der Waals surface area contributed by atoms with Crippen molar-refractivity contribution < 1.29 is 53.9 Å². The summed E-state index contributed by atoms with van der Waals surface area (Å²) in [5, 5.41) is 5.59. The maximum absolute atomic E-state index is 14.9. The molecule has 0 bridgehead atoms. The third-order valence-electron chi connectivity index (χ3n) is 6.43. The SMILES string of the molecule is O=C(CC(F)(F)F)Nc1c(F)ccc(NC(=O)c2cc(NC(=O)C3[C@H](c4ccc(F)c(C(F)(F)F)c4)C3(Cl)Cl)ccc2Cl)c1F. The highest BCUT2D eigenvalue weighted by molar-refractivity contribution is 6.53. The minimum absolute atomic E-state index is 0.112. The van der Waals surface area contributed by atoms with Gasteiger partial charge >= 0.3 is 12.4 Å². The quantitative estimate of drug-likeness (QED) is 0.170. The molecule has 0 radical (unpaired) electrons. The number of rotatable bonds is 7. The Morgan fingerprint density at radius 1 is 0.822 bits per heavy atom. The maximum Gasteiger partial charge on any atom is 0.419 e. The van der Waals surface area contributed by atoms with E-state index in [0.717, 1.165) is 24.3 Å². The first-order valence-corrected chi connectivity index (χ1v) is 13.3. The summed E-state index contributed by atoms with van der Waals surface area (Å²) in [6.45, 7) is 0. The van der Waals surface area contributed by atoms with Crippen LogP contribution >= 0.6 is 34.8 Å². The van der Waals surface area contributed by atoms with E-state index in [2.05, 4.69) is 5.32 Å². The number of hydrogen-bond donors (Lipinski definition) is 3. The van der Waals surface area contributed by atoms with E-state index in [4.69, 9.17) is 34.8 Å². The van der Waals surface area contributed by atoms with E-state index in [-0.39, 0.29) is 16.3 Å². The zero-order chi connectivity index (χ0) is 33.6. The highest BCUT2D eigenvalue weighted by Gasteiger charge is 2.67. The highest BCUT2D eigenvalue weighted by Crippen LogP contribution is 2.65. The number of nitrogens with one attached hydrogen (secondary N) is 3. The fourth-order valence-electron chi connectivity index (χ4n) is 4.34. The molecule has 0 saturated heterocycles. The number of anilines is 3. The lowest BCUT2D eigenvalue weighted by atomic mass is 10.0. The predicted molar refractivity (Wildman–Crippen MR) is 146 cm³/mol. The summed E-state index contributed by atoms with van der Waals surface area (Å²) >= 11 is 18.4. The first kappa shape index (κ1) is 34.2. The minimum atomic E-state index is -5.03. The predicted octanol–water partition coefficient (Wildman–Crippen LogP) is 8.45. The molecule has 0 aromatic heterocycles. The summed E-state index contributed by atoms with van der Waals surface area (Å²) < 4.78 is 118. The van der Waals surface area contributed by atoms with Crippen molar-refractivity contribution in [1.29, 1.82) is 0 Å². The molecule has 0 heterocycles. The van der Waals surface area contributed by atoms with Gasteiger partial charge in [-0.05, 0) is 48.0 Å². The van der Waals surface area contributed by atoms with Crippen molar-refractivity contribution >= 4 is 69.6 Å². The molecule has 0 aliphatic heterocycles. The lowest BCUT2D eigenvalue weighted by Crippen LogP contribution is -2.23. The third-order valence-corrected chi connectivity index (χ3v) is 7.70. The Morgan fingerprint density at radius 3 is 2.09 bits per heavy atom. The average Bonchev–Trinajstić information content (AvgIpc) is 3.49. The summed E-state index contributed by atoms with van der Waals surface area (Å²) in [7, 11) is 0. The van der Waals surface area contributed by atoms with Crippen LogP contribution in [0.3, 0.4) is 0 Å². The summed E-state index contributed by atoms with van der Waals surface area (Å²) in [6, 6.07) is 6.67. The third kappa shape index (κ3) is 7.59. The molecule has 3 aromatic rings. The largest absolute Gasteiger partial charge is 0.419 e. The molecular formula is C27H15Cl3F9N3O3. The number of hydrogen-bond acceptors (Lipinski definition) is 3. The molecule has 3 aromatic carbocycles. The topological polar surface area (TPSA) is 87.3 Å². The maximum atomic E-state index is 14.9. The minimum Gasteiger partial charge on any atom is -0.326 e. The van der Waals surface area contributed by atoms with E-state index in [0.29, 0.717) is 18.2 Å². The van der Waals surface area contributed by atoms with Gasteiger partial charge in [-0.3, -0.25) is 14.4 Å². The first-order chi connectivity index (χ1) is 20.7. The van der Waals surface area contributed by atoms with Crippen LogP contribution in [0, 0.1) is 23.4 Å². The van der Waals surface area contributed by atoms with Crippen molar-refractivity contribution in [3.63, 3.8) is 0 Å². The molecule has 1 fully saturated rings. The molecule has 1 unspecified atom stereocenters. The monoisotopic (exact) mass is 705 g/mol. The van der Waals surface area contributed by atoms with Gasteiger partial charge in [0.05, 0.1) is 27.8 Å². The number of alkyl halides is 8. The smallest absolute Gasteiger partial charge is 0.326 e. The van der Waals surface area contributed by atoms with Crippen LogP contribution in [0.15, 0.2) is 48.5 Å². The van der Waals surface area contributed by atoms with Crippen LogP contribution in [0.4, 0.5) is 56.6 Å². The van der Waals surface area contributed by atoms with Gasteiger partial charge in [-0.1, -0.05) is 17.7 Å². The van der Waals surface area contributed by atoms with Crippen LogP contribution in [0.5, 0.6) is 0 Å². The van der Waals surface area contributed by atoms with Crippen molar-refractivity contribution in [1.82, 2.24) is 0 Å². The van der Waals surface area contributed by atoms with Gasteiger partial charge in [-0.15, -0.1) is 23.2 Å². The first-order valence-electron chi connectivity index (χ1n) is 12.2. The molecule has 0 spiro atoms. The van der Waals surface area contributed by atoms with Crippen LogP contribution in [0.25, 0.3) is 0 Å². The van der Waals surface area contributed by atoms with Gasteiger partial charge in [0.2, 0.25) is 11.8 Å². The van der Waals surface area contributed by atoms with Crippen LogP contribution in [0.1, 0.15) is 33.8 Å². The Balaban J connectivity index is 1.51. The number of benzene rings is 3. The van der Waals surface area contributed by atoms with E-state index in [1.165, 1.54) is 11.4 Å². The summed E-state index contributed by atoms with van der Waals surface area (Å²) in [6.07, 6.45) is -12.0. The fourth-order valence-corrected chi connectivity index (χ4v) is 5.37. The molecular weight excluding hydrogens is 692 g/mol. The van der Waals surface area contributed by atoms with Gasteiger partial charge in [0, 0.05) is 11.6 Å². The van der Waals surface area contributed by atoms with Crippen LogP contribution in [0.2, 0.25) is 5.02 Å². The van der Waals surface area contributed by atoms with Crippen molar-refractivity contribution in [2.24, 2.45) is 5.92 Å². The fraction of sp³-hybridized carbons (Fsp3) is 0.222. The molecule has 3 N–H and O–H groups in total. The van der Waals surface area contributed by atoms with Gasteiger partial charge in [0.15, 0.2) is 5.82 Å².